The van der Waals surface area contributed by atoms with E-state index in [0.29, 0.717) is 17.8 Å². The number of aryl methyl sites for hydroxylation is 2. The highest BCUT2D eigenvalue weighted by Crippen LogP contribution is 2.16. The second kappa shape index (κ2) is 5.17. The highest BCUT2D eigenvalue weighted by atomic mass is 19.2. The molecule has 0 aliphatic carbocycles. The normalized spacial score (nSPS) is 10.7. The molecular formula is C13H12F2N2O2. The van der Waals surface area contributed by atoms with Crippen molar-refractivity contribution < 1.29 is 18.7 Å². The van der Waals surface area contributed by atoms with E-state index < -0.39 is 17.6 Å². The highest BCUT2D eigenvalue weighted by molar-refractivity contribution is 5.67. The summed E-state index contributed by atoms with van der Waals surface area (Å²) in [5, 5.41) is 12.8. The number of hydrogen-bond donors (Lipinski definition) is 1. The van der Waals surface area contributed by atoms with Crippen LogP contribution in [0.1, 0.15) is 17.7 Å². The number of nitrogens with zero attached hydrogens (tertiary/aromatic N) is 2. The van der Waals surface area contributed by atoms with Crippen molar-refractivity contribution in [3.63, 3.8) is 0 Å². The summed E-state index contributed by atoms with van der Waals surface area (Å²) in [7, 11) is 0. The second-order valence-corrected chi connectivity index (χ2v) is 4.18. The lowest BCUT2D eigenvalue weighted by Gasteiger charge is -2.01. The van der Waals surface area contributed by atoms with Crippen molar-refractivity contribution in [2.24, 2.45) is 0 Å². The first-order valence-corrected chi connectivity index (χ1v) is 5.69. The maximum absolute atomic E-state index is 13.1. The van der Waals surface area contributed by atoms with Crippen LogP contribution in [0.15, 0.2) is 24.4 Å². The molecule has 0 fully saturated rings. The van der Waals surface area contributed by atoms with Crippen LogP contribution in [0.2, 0.25) is 0 Å². The van der Waals surface area contributed by atoms with Crippen LogP contribution in [-0.2, 0) is 11.2 Å². The third-order valence-electron chi connectivity index (χ3n) is 2.78. The second-order valence-electron chi connectivity index (χ2n) is 4.18. The van der Waals surface area contributed by atoms with E-state index in [2.05, 4.69) is 5.10 Å². The molecule has 0 unspecified atom stereocenters. The summed E-state index contributed by atoms with van der Waals surface area (Å²) < 4.78 is 27.4. The van der Waals surface area contributed by atoms with E-state index in [1.54, 1.807) is 13.1 Å². The first-order chi connectivity index (χ1) is 8.97. The fraction of sp³-hybridized carbons (Fsp3) is 0.231. The van der Waals surface area contributed by atoms with Crippen LogP contribution in [-0.4, -0.2) is 20.9 Å². The quantitative estimate of drug-likeness (QED) is 0.924. The fourth-order valence-electron chi connectivity index (χ4n) is 1.74. The number of aromatic nitrogens is 2. The van der Waals surface area contributed by atoms with Crippen molar-refractivity contribution >= 4 is 5.97 Å². The van der Waals surface area contributed by atoms with Crippen LogP contribution < -0.4 is 0 Å². The Balaban J connectivity index is 2.28. The SMILES string of the molecule is Cc1nn(-c2ccc(F)c(F)c2)cc1CCC(=O)O. The molecule has 1 aromatic carbocycles. The van der Waals surface area contributed by atoms with E-state index in [4.69, 9.17) is 5.11 Å². The van der Waals surface area contributed by atoms with Crippen LogP contribution >= 0.6 is 0 Å². The van der Waals surface area contributed by atoms with E-state index in [1.165, 1.54) is 10.7 Å². The Morgan fingerprint density at radius 1 is 1.37 bits per heavy atom. The molecule has 0 radical (unpaired) electrons. The van der Waals surface area contributed by atoms with Gasteiger partial charge in [-0.15, -0.1) is 0 Å². The molecule has 0 spiro atoms. The lowest BCUT2D eigenvalue weighted by Crippen LogP contribution is -1.97. The molecule has 0 saturated carbocycles. The maximum Gasteiger partial charge on any atom is 0.303 e. The van der Waals surface area contributed by atoms with Gasteiger partial charge in [0.2, 0.25) is 0 Å². The summed E-state index contributed by atoms with van der Waals surface area (Å²) in [6.07, 6.45) is 1.99. The van der Waals surface area contributed by atoms with Gasteiger partial charge in [0.15, 0.2) is 11.6 Å². The Morgan fingerprint density at radius 2 is 2.11 bits per heavy atom. The molecule has 0 saturated heterocycles. The number of carbonyl (C=O) groups is 1. The van der Waals surface area contributed by atoms with Gasteiger partial charge >= 0.3 is 5.97 Å². The first kappa shape index (κ1) is 13.2. The molecule has 6 heteroatoms. The van der Waals surface area contributed by atoms with Gasteiger partial charge in [0.1, 0.15) is 0 Å². The van der Waals surface area contributed by atoms with Crippen molar-refractivity contribution in [3.8, 4) is 5.69 Å². The molecule has 1 N–H and O–H groups in total. The van der Waals surface area contributed by atoms with Crippen molar-refractivity contribution in [1.29, 1.82) is 0 Å². The standard InChI is InChI=1S/C13H12F2N2O2/c1-8-9(2-5-13(18)19)7-17(16-8)10-3-4-11(14)12(15)6-10/h3-4,6-7H,2,5H2,1H3,(H,18,19). The summed E-state index contributed by atoms with van der Waals surface area (Å²) in [5.74, 6) is -2.75. The van der Waals surface area contributed by atoms with E-state index in [-0.39, 0.29) is 6.42 Å². The molecule has 4 nitrogen and oxygen atoms in total. The lowest BCUT2D eigenvalue weighted by molar-refractivity contribution is -0.136. The van der Waals surface area contributed by atoms with Gasteiger partial charge in [-0.05, 0) is 31.0 Å². The molecule has 19 heavy (non-hydrogen) atoms. The molecule has 2 rings (SSSR count). The summed E-state index contributed by atoms with van der Waals surface area (Å²) in [6, 6.07) is 3.48. The molecule has 100 valence electrons. The summed E-state index contributed by atoms with van der Waals surface area (Å²) in [5.41, 5.74) is 1.83. The minimum Gasteiger partial charge on any atom is -0.481 e. The maximum atomic E-state index is 13.1. The van der Waals surface area contributed by atoms with E-state index in [1.807, 2.05) is 0 Å². The number of rotatable bonds is 4. The zero-order chi connectivity index (χ0) is 14.0. The number of halogens is 2. The van der Waals surface area contributed by atoms with Gasteiger partial charge < -0.3 is 5.11 Å². The number of aliphatic carboxylic acids is 1. The average molecular weight is 266 g/mol. The molecule has 0 amide bonds. The summed E-state index contributed by atoms with van der Waals surface area (Å²) >= 11 is 0. The Bertz CT molecular complexity index is 623. The number of benzene rings is 1. The average Bonchev–Trinajstić information content (AvgIpc) is 2.71. The van der Waals surface area contributed by atoms with Gasteiger partial charge in [-0.1, -0.05) is 0 Å². The number of hydrogen-bond acceptors (Lipinski definition) is 2. The van der Waals surface area contributed by atoms with Crippen LogP contribution in [0, 0.1) is 18.6 Å². The molecule has 0 aliphatic rings. The highest BCUT2D eigenvalue weighted by Gasteiger charge is 2.10. The van der Waals surface area contributed by atoms with E-state index in [9.17, 15) is 13.6 Å². The Kier molecular flexibility index (Phi) is 3.59. The van der Waals surface area contributed by atoms with Crippen LogP contribution in [0.4, 0.5) is 8.78 Å². The van der Waals surface area contributed by atoms with Gasteiger partial charge in [0.05, 0.1) is 11.4 Å². The molecular weight excluding hydrogens is 254 g/mol. The van der Waals surface area contributed by atoms with Crippen LogP contribution in [0.3, 0.4) is 0 Å². The summed E-state index contributed by atoms with van der Waals surface area (Å²) in [6.45, 7) is 1.74. The van der Waals surface area contributed by atoms with Crippen molar-refractivity contribution in [3.05, 3.63) is 47.3 Å². The number of carboxylic acids is 1. The smallest absolute Gasteiger partial charge is 0.303 e. The van der Waals surface area contributed by atoms with E-state index in [0.717, 1.165) is 17.7 Å². The molecule has 1 aromatic heterocycles. The first-order valence-electron chi connectivity index (χ1n) is 5.69. The lowest BCUT2D eigenvalue weighted by atomic mass is 10.1. The van der Waals surface area contributed by atoms with E-state index >= 15 is 0 Å². The Morgan fingerprint density at radius 3 is 2.74 bits per heavy atom. The predicted molar refractivity (Wildman–Crippen MR) is 64.2 cm³/mol. The Hall–Kier alpha value is -2.24. The molecule has 0 atom stereocenters. The Labute approximate surface area is 108 Å². The third-order valence-corrected chi connectivity index (χ3v) is 2.78. The van der Waals surface area contributed by atoms with Crippen molar-refractivity contribution in [1.82, 2.24) is 9.78 Å². The third kappa shape index (κ3) is 2.96. The van der Waals surface area contributed by atoms with Gasteiger partial charge in [-0.25, -0.2) is 13.5 Å². The summed E-state index contributed by atoms with van der Waals surface area (Å²) in [4.78, 5) is 10.5. The molecule has 0 aliphatic heterocycles. The fourth-order valence-corrected chi connectivity index (χ4v) is 1.74. The predicted octanol–water partition coefficient (Wildman–Crippen LogP) is 2.48. The topological polar surface area (TPSA) is 55.1 Å². The van der Waals surface area contributed by atoms with Crippen molar-refractivity contribution in [2.45, 2.75) is 19.8 Å². The minimum atomic E-state index is -0.947. The zero-order valence-corrected chi connectivity index (χ0v) is 10.2. The van der Waals surface area contributed by atoms with Gasteiger partial charge in [0, 0.05) is 18.7 Å². The minimum absolute atomic E-state index is 0.00428. The molecule has 0 bridgehead atoms. The molecule has 2 aromatic rings. The van der Waals surface area contributed by atoms with Crippen molar-refractivity contribution in [2.75, 3.05) is 0 Å². The molecule has 1 heterocycles. The monoisotopic (exact) mass is 266 g/mol. The number of carboxylic acid groups (broad SMARTS) is 1. The van der Waals surface area contributed by atoms with Gasteiger partial charge in [-0.3, -0.25) is 4.79 Å². The van der Waals surface area contributed by atoms with Gasteiger partial charge in [-0.2, -0.15) is 5.10 Å². The van der Waals surface area contributed by atoms with Gasteiger partial charge in [0.25, 0.3) is 0 Å². The van der Waals surface area contributed by atoms with Crippen LogP contribution in [0.25, 0.3) is 5.69 Å². The van der Waals surface area contributed by atoms with Crippen LogP contribution in [0.5, 0.6) is 0 Å². The largest absolute Gasteiger partial charge is 0.481 e. The zero-order valence-electron chi connectivity index (χ0n) is 10.2.